The molecule has 190 valence electrons. The number of fused-ring (bicyclic) bond motifs is 1. The Balaban J connectivity index is 1.16. The van der Waals surface area contributed by atoms with E-state index in [2.05, 4.69) is 10.3 Å². The molecule has 4 aromatic rings. The second-order valence-electron chi connectivity index (χ2n) is 9.56. The third-order valence-electron chi connectivity index (χ3n) is 7.20. The average Bonchev–Trinajstić information content (AvgIpc) is 3.39. The molecule has 1 aliphatic heterocycles. The molecule has 0 aliphatic carbocycles. The quantitative estimate of drug-likeness (QED) is 0.374. The van der Waals surface area contributed by atoms with E-state index in [1.54, 1.807) is 19.2 Å². The molecule has 1 atom stereocenters. The van der Waals surface area contributed by atoms with Crippen molar-refractivity contribution in [2.24, 2.45) is 11.8 Å². The van der Waals surface area contributed by atoms with Gasteiger partial charge in [0.25, 0.3) is 5.91 Å². The number of oxazole rings is 1. The second-order valence-corrected chi connectivity index (χ2v) is 9.56. The zero-order valence-corrected chi connectivity index (χ0v) is 21.1. The van der Waals surface area contributed by atoms with Gasteiger partial charge in [-0.1, -0.05) is 37.3 Å². The van der Waals surface area contributed by atoms with Crippen LogP contribution >= 0.6 is 0 Å². The van der Waals surface area contributed by atoms with Crippen LogP contribution < -0.4 is 10.1 Å². The fourth-order valence-electron chi connectivity index (χ4n) is 4.90. The van der Waals surface area contributed by atoms with E-state index >= 15 is 0 Å². The highest BCUT2D eigenvalue weighted by Gasteiger charge is 2.30. The Morgan fingerprint density at radius 1 is 1.05 bits per heavy atom. The van der Waals surface area contributed by atoms with Gasteiger partial charge >= 0.3 is 0 Å². The first-order chi connectivity index (χ1) is 18.0. The predicted octanol–water partition coefficient (Wildman–Crippen LogP) is 5.31. The van der Waals surface area contributed by atoms with Crippen LogP contribution in [0.3, 0.4) is 0 Å². The minimum atomic E-state index is -0.120. The number of methoxy groups -OCH3 is 1. The summed E-state index contributed by atoms with van der Waals surface area (Å²) in [6, 6.07) is 22.8. The van der Waals surface area contributed by atoms with Crippen LogP contribution in [0.2, 0.25) is 0 Å². The maximum absolute atomic E-state index is 13.2. The fourth-order valence-corrected chi connectivity index (χ4v) is 4.90. The Kier molecular flexibility index (Phi) is 7.21. The first-order valence-electron chi connectivity index (χ1n) is 12.7. The van der Waals surface area contributed by atoms with Crippen molar-refractivity contribution >= 4 is 22.9 Å². The molecule has 0 radical (unpaired) electrons. The van der Waals surface area contributed by atoms with Crippen LogP contribution in [0.1, 0.15) is 35.7 Å². The summed E-state index contributed by atoms with van der Waals surface area (Å²) in [5.41, 5.74) is 3.82. The topological polar surface area (TPSA) is 84.7 Å². The lowest BCUT2D eigenvalue weighted by atomic mass is 9.84. The number of nitrogens with zero attached hydrogens (tertiary/aromatic N) is 2. The molecule has 1 fully saturated rings. The standard InChI is InChI=1S/C30H31N3O4/c1-20(28(34)31-19-21-7-6-10-25(17-21)36-2)22-13-15-33(16-14-22)30(35)24-11-12-27-26(18-24)32-29(37-27)23-8-4-3-5-9-23/h3-12,17-18,20,22H,13-16,19H2,1-2H3,(H,31,34)/t20-/m1/s1. The summed E-state index contributed by atoms with van der Waals surface area (Å²) in [7, 11) is 1.63. The van der Waals surface area contributed by atoms with E-state index in [-0.39, 0.29) is 23.7 Å². The zero-order valence-electron chi connectivity index (χ0n) is 21.1. The van der Waals surface area contributed by atoms with Gasteiger partial charge in [0, 0.05) is 36.7 Å². The highest BCUT2D eigenvalue weighted by atomic mass is 16.5. The van der Waals surface area contributed by atoms with Crippen molar-refractivity contribution in [1.82, 2.24) is 15.2 Å². The van der Waals surface area contributed by atoms with Crippen molar-refractivity contribution in [3.05, 3.63) is 83.9 Å². The Labute approximate surface area is 216 Å². The van der Waals surface area contributed by atoms with Crippen LogP contribution in [-0.4, -0.2) is 41.9 Å². The number of carbonyl (C=O) groups is 2. The lowest BCUT2D eigenvalue weighted by Gasteiger charge is -2.34. The maximum Gasteiger partial charge on any atom is 0.253 e. The van der Waals surface area contributed by atoms with Crippen LogP contribution in [0.5, 0.6) is 5.75 Å². The number of likely N-dealkylation sites (tertiary alicyclic amines) is 1. The first-order valence-corrected chi connectivity index (χ1v) is 12.7. The lowest BCUT2D eigenvalue weighted by Crippen LogP contribution is -2.42. The van der Waals surface area contributed by atoms with Gasteiger partial charge in [-0.2, -0.15) is 0 Å². The molecule has 2 heterocycles. The maximum atomic E-state index is 13.2. The van der Waals surface area contributed by atoms with E-state index in [1.807, 2.05) is 72.5 Å². The third kappa shape index (κ3) is 5.50. The highest BCUT2D eigenvalue weighted by molar-refractivity contribution is 5.97. The summed E-state index contributed by atoms with van der Waals surface area (Å²) in [6.45, 7) is 3.70. The summed E-state index contributed by atoms with van der Waals surface area (Å²) in [6.07, 6.45) is 1.59. The number of nitrogens with one attached hydrogen (secondary N) is 1. The fraction of sp³-hybridized carbons (Fsp3) is 0.300. The number of piperidine rings is 1. The van der Waals surface area contributed by atoms with Crippen LogP contribution in [-0.2, 0) is 11.3 Å². The van der Waals surface area contributed by atoms with Crippen LogP contribution in [0.4, 0.5) is 0 Å². The third-order valence-corrected chi connectivity index (χ3v) is 7.20. The minimum Gasteiger partial charge on any atom is -0.497 e. The predicted molar refractivity (Wildman–Crippen MR) is 142 cm³/mol. The van der Waals surface area contributed by atoms with Gasteiger partial charge in [-0.15, -0.1) is 0 Å². The molecule has 1 aliphatic rings. The molecule has 1 saturated heterocycles. The number of aromatic nitrogens is 1. The van der Waals surface area contributed by atoms with Crippen molar-refractivity contribution < 1.29 is 18.7 Å². The van der Waals surface area contributed by atoms with E-state index in [0.717, 1.165) is 29.7 Å². The van der Waals surface area contributed by atoms with Gasteiger partial charge in [-0.05, 0) is 66.8 Å². The smallest absolute Gasteiger partial charge is 0.253 e. The van der Waals surface area contributed by atoms with E-state index in [9.17, 15) is 9.59 Å². The number of rotatable bonds is 7. The van der Waals surface area contributed by atoms with Gasteiger partial charge in [-0.25, -0.2) is 4.98 Å². The number of hydrogen-bond donors (Lipinski definition) is 1. The molecule has 37 heavy (non-hydrogen) atoms. The molecule has 2 amide bonds. The zero-order chi connectivity index (χ0) is 25.8. The number of hydrogen-bond acceptors (Lipinski definition) is 5. The van der Waals surface area contributed by atoms with Gasteiger partial charge in [-0.3, -0.25) is 9.59 Å². The second kappa shape index (κ2) is 10.9. The van der Waals surface area contributed by atoms with Crippen molar-refractivity contribution in [2.75, 3.05) is 20.2 Å². The van der Waals surface area contributed by atoms with Gasteiger partial charge in [0.1, 0.15) is 11.3 Å². The van der Waals surface area contributed by atoms with Crippen LogP contribution in [0.15, 0.2) is 77.2 Å². The van der Waals surface area contributed by atoms with E-state index in [0.29, 0.717) is 42.2 Å². The molecule has 0 bridgehead atoms. The summed E-state index contributed by atoms with van der Waals surface area (Å²) in [5.74, 6) is 1.46. The highest BCUT2D eigenvalue weighted by Crippen LogP contribution is 2.28. The van der Waals surface area contributed by atoms with Gasteiger partial charge in [0.05, 0.1) is 7.11 Å². The molecule has 7 nitrogen and oxygen atoms in total. The first kappa shape index (κ1) is 24.6. The molecule has 0 unspecified atom stereocenters. The van der Waals surface area contributed by atoms with Gasteiger partial charge in [0.15, 0.2) is 5.58 Å². The Bertz CT molecular complexity index is 1390. The van der Waals surface area contributed by atoms with E-state index < -0.39 is 0 Å². The molecular formula is C30H31N3O4. The Morgan fingerprint density at radius 2 is 1.84 bits per heavy atom. The summed E-state index contributed by atoms with van der Waals surface area (Å²) in [5, 5.41) is 3.05. The van der Waals surface area contributed by atoms with Crippen LogP contribution in [0, 0.1) is 11.8 Å². The molecule has 5 rings (SSSR count). The number of benzene rings is 3. The molecule has 0 spiro atoms. The molecule has 7 heteroatoms. The average molecular weight is 498 g/mol. The largest absolute Gasteiger partial charge is 0.497 e. The minimum absolute atomic E-state index is 0.0141. The number of ether oxygens (including phenoxy) is 1. The van der Waals surface area contributed by atoms with Crippen molar-refractivity contribution in [3.8, 4) is 17.2 Å². The Hall–Kier alpha value is -4.13. The van der Waals surface area contributed by atoms with Crippen molar-refractivity contribution in [1.29, 1.82) is 0 Å². The van der Waals surface area contributed by atoms with E-state index in [4.69, 9.17) is 9.15 Å². The van der Waals surface area contributed by atoms with Crippen LogP contribution in [0.25, 0.3) is 22.6 Å². The van der Waals surface area contributed by atoms with E-state index in [1.165, 1.54) is 0 Å². The monoisotopic (exact) mass is 497 g/mol. The summed E-state index contributed by atoms with van der Waals surface area (Å²) < 4.78 is 11.1. The molecule has 1 N–H and O–H groups in total. The van der Waals surface area contributed by atoms with Crippen molar-refractivity contribution in [3.63, 3.8) is 0 Å². The molecular weight excluding hydrogens is 466 g/mol. The van der Waals surface area contributed by atoms with Gasteiger partial charge < -0.3 is 19.4 Å². The number of carbonyl (C=O) groups excluding carboxylic acids is 2. The summed E-state index contributed by atoms with van der Waals surface area (Å²) in [4.78, 5) is 32.5. The Morgan fingerprint density at radius 3 is 2.59 bits per heavy atom. The molecule has 3 aromatic carbocycles. The normalized spacial score (nSPS) is 14.9. The molecule has 0 saturated carbocycles. The summed E-state index contributed by atoms with van der Waals surface area (Å²) >= 11 is 0. The molecule has 1 aromatic heterocycles. The lowest BCUT2D eigenvalue weighted by molar-refractivity contribution is -0.126. The van der Waals surface area contributed by atoms with Gasteiger partial charge in [0.2, 0.25) is 11.8 Å². The number of amides is 2. The van der Waals surface area contributed by atoms with Crippen molar-refractivity contribution in [2.45, 2.75) is 26.3 Å². The SMILES string of the molecule is COc1cccc(CNC(=O)[C@H](C)C2CCN(C(=O)c3ccc4oc(-c5ccccc5)nc4c3)CC2)c1.